The van der Waals surface area contributed by atoms with Crippen LogP contribution in [-0.2, 0) is 4.74 Å². The van der Waals surface area contributed by atoms with E-state index in [2.05, 4.69) is 15.6 Å². The second kappa shape index (κ2) is 6.85. The van der Waals surface area contributed by atoms with Crippen molar-refractivity contribution < 1.29 is 9.53 Å². The summed E-state index contributed by atoms with van der Waals surface area (Å²) >= 11 is 0. The van der Waals surface area contributed by atoms with Gasteiger partial charge in [0.05, 0.1) is 18.0 Å². The molecule has 0 aromatic carbocycles. The molecule has 0 spiro atoms. The average Bonchev–Trinajstić information content (AvgIpc) is 2.36. The molecule has 0 saturated carbocycles. The van der Waals surface area contributed by atoms with Crippen LogP contribution in [-0.4, -0.2) is 37.2 Å². The minimum Gasteiger partial charge on any atom is -0.384 e. The lowest BCUT2D eigenvalue weighted by Crippen LogP contribution is -2.32. The van der Waals surface area contributed by atoms with Crippen LogP contribution in [0, 0.1) is 0 Å². The standard InChI is InChI=1S/C12H19N3O2/c1-4-13-10-5-6-11(14-8-10)12(16)15-7-9(2)17-3/h5-6,8-9,13H,4,7H2,1-3H3,(H,15,16). The Balaban J connectivity index is 2.51. The maximum Gasteiger partial charge on any atom is 0.269 e. The van der Waals surface area contributed by atoms with Crippen molar-refractivity contribution in [3.05, 3.63) is 24.0 Å². The summed E-state index contributed by atoms with van der Waals surface area (Å²) in [5, 5.41) is 5.87. The molecule has 0 radical (unpaired) electrons. The molecule has 0 fully saturated rings. The average molecular weight is 237 g/mol. The van der Waals surface area contributed by atoms with Gasteiger partial charge in [-0.1, -0.05) is 0 Å². The van der Waals surface area contributed by atoms with Crippen molar-refractivity contribution >= 4 is 11.6 Å². The van der Waals surface area contributed by atoms with Gasteiger partial charge in [0, 0.05) is 20.2 Å². The molecule has 1 amide bonds. The van der Waals surface area contributed by atoms with E-state index in [0.717, 1.165) is 12.2 Å². The van der Waals surface area contributed by atoms with Crippen LogP contribution < -0.4 is 10.6 Å². The van der Waals surface area contributed by atoms with Crippen molar-refractivity contribution in [3.63, 3.8) is 0 Å². The zero-order chi connectivity index (χ0) is 12.7. The van der Waals surface area contributed by atoms with Crippen molar-refractivity contribution in [2.75, 3.05) is 25.5 Å². The number of carbonyl (C=O) groups excluding carboxylic acids is 1. The highest BCUT2D eigenvalue weighted by Gasteiger charge is 2.08. The quantitative estimate of drug-likeness (QED) is 0.782. The molecule has 1 aromatic rings. The van der Waals surface area contributed by atoms with Gasteiger partial charge in [-0.3, -0.25) is 4.79 Å². The molecule has 0 aliphatic heterocycles. The van der Waals surface area contributed by atoms with Gasteiger partial charge >= 0.3 is 0 Å². The number of nitrogens with one attached hydrogen (secondary N) is 2. The van der Waals surface area contributed by atoms with Gasteiger partial charge in [0.2, 0.25) is 0 Å². The first-order valence-electron chi connectivity index (χ1n) is 5.68. The topological polar surface area (TPSA) is 63.2 Å². The number of nitrogens with zero attached hydrogens (tertiary/aromatic N) is 1. The number of pyridine rings is 1. The smallest absolute Gasteiger partial charge is 0.269 e. The second-order valence-electron chi connectivity index (χ2n) is 3.72. The summed E-state index contributed by atoms with van der Waals surface area (Å²) in [6.45, 7) is 5.21. The number of anilines is 1. The second-order valence-corrected chi connectivity index (χ2v) is 3.72. The van der Waals surface area contributed by atoms with Gasteiger partial charge in [0.25, 0.3) is 5.91 Å². The van der Waals surface area contributed by atoms with Gasteiger partial charge in [0.1, 0.15) is 5.69 Å². The van der Waals surface area contributed by atoms with Crippen LogP contribution in [0.4, 0.5) is 5.69 Å². The maximum absolute atomic E-state index is 11.7. The van der Waals surface area contributed by atoms with Crippen LogP contribution in [0.15, 0.2) is 18.3 Å². The molecule has 17 heavy (non-hydrogen) atoms. The van der Waals surface area contributed by atoms with E-state index >= 15 is 0 Å². The Hall–Kier alpha value is -1.62. The number of hydrogen-bond acceptors (Lipinski definition) is 4. The number of carbonyl (C=O) groups is 1. The van der Waals surface area contributed by atoms with Crippen molar-refractivity contribution in [2.24, 2.45) is 0 Å². The first-order valence-corrected chi connectivity index (χ1v) is 5.68. The highest BCUT2D eigenvalue weighted by atomic mass is 16.5. The largest absolute Gasteiger partial charge is 0.384 e. The normalized spacial score (nSPS) is 11.9. The van der Waals surface area contributed by atoms with Crippen molar-refractivity contribution in [2.45, 2.75) is 20.0 Å². The van der Waals surface area contributed by atoms with Gasteiger partial charge in [-0.2, -0.15) is 0 Å². The predicted molar refractivity (Wildman–Crippen MR) is 67.2 cm³/mol. The third kappa shape index (κ3) is 4.40. The number of ether oxygens (including phenoxy) is 1. The lowest BCUT2D eigenvalue weighted by atomic mass is 10.3. The molecular weight excluding hydrogens is 218 g/mol. The van der Waals surface area contributed by atoms with Crippen LogP contribution >= 0.6 is 0 Å². The lowest BCUT2D eigenvalue weighted by Gasteiger charge is -2.10. The van der Waals surface area contributed by atoms with Gasteiger partial charge in [-0.25, -0.2) is 4.98 Å². The van der Waals surface area contributed by atoms with Crippen LogP contribution in [0.1, 0.15) is 24.3 Å². The van der Waals surface area contributed by atoms with E-state index in [1.165, 1.54) is 0 Å². The highest BCUT2D eigenvalue weighted by molar-refractivity contribution is 5.92. The Morgan fingerprint density at radius 1 is 1.53 bits per heavy atom. The Labute approximate surface area is 102 Å². The number of hydrogen-bond donors (Lipinski definition) is 2. The molecule has 5 nitrogen and oxygen atoms in total. The van der Waals surface area contributed by atoms with Gasteiger partial charge in [0.15, 0.2) is 0 Å². The molecule has 94 valence electrons. The number of amides is 1. The molecule has 2 N–H and O–H groups in total. The molecule has 0 bridgehead atoms. The summed E-state index contributed by atoms with van der Waals surface area (Å²) in [7, 11) is 1.61. The minimum absolute atomic E-state index is 0.0000173. The Bertz CT molecular complexity index is 351. The fourth-order valence-corrected chi connectivity index (χ4v) is 1.25. The van der Waals surface area contributed by atoms with Crippen molar-refractivity contribution in [1.29, 1.82) is 0 Å². The van der Waals surface area contributed by atoms with E-state index in [-0.39, 0.29) is 12.0 Å². The molecule has 0 aliphatic rings. The predicted octanol–water partition coefficient (Wildman–Crippen LogP) is 1.28. The van der Waals surface area contributed by atoms with Gasteiger partial charge in [-0.15, -0.1) is 0 Å². The van der Waals surface area contributed by atoms with Crippen LogP contribution in [0.5, 0.6) is 0 Å². The maximum atomic E-state index is 11.7. The van der Waals surface area contributed by atoms with E-state index in [0.29, 0.717) is 12.2 Å². The SMILES string of the molecule is CCNc1ccc(C(=O)NCC(C)OC)nc1. The summed E-state index contributed by atoms with van der Waals surface area (Å²) in [5.41, 5.74) is 1.32. The molecular formula is C12H19N3O2. The van der Waals surface area contributed by atoms with E-state index in [1.54, 1.807) is 19.4 Å². The summed E-state index contributed by atoms with van der Waals surface area (Å²) in [6.07, 6.45) is 1.65. The fourth-order valence-electron chi connectivity index (χ4n) is 1.25. The van der Waals surface area contributed by atoms with Crippen LogP contribution in [0.2, 0.25) is 0 Å². The first kappa shape index (κ1) is 13.4. The van der Waals surface area contributed by atoms with Crippen LogP contribution in [0.25, 0.3) is 0 Å². The zero-order valence-electron chi connectivity index (χ0n) is 10.5. The molecule has 1 aromatic heterocycles. The Morgan fingerprint density at radius 2 is 2.29 bits per heavy atom. The number of methoxy groups -OCH3 is 1. The third-order valence-corrected chi connectivity index (χ3v) is 2.33. The Kier molecular flexibility index (Phi) is 5.42. The lowest BCUT2D eigenvalue weighted by molar-refractivity contribution is 0.0866. The van der Waals surface area contributed by atoms with E-state index in [1.807, 2.05) is 19.9 Å². The third-order valence-electron chi connectivity index (χ3n) is 2.33. The van der Waals surface area contributed by atoms with E-state index in [4.69, 9.17) is 4.74 Å². The van der Waals surface area contributed by atoms with Gasteiger partial charge < -0.3 is 15.4 Å². The molecule has 1 unspecified atom stereocenters. The van der Waals surface area contributed by atoms with Gasteiger partial charge in [-0.05, 0) is 26.0 Å². The highest BCUT2D eigenvalue weighted by Crippen LogP contribution is 2.05. The monoisotopic (exact) mass is 237 g/mol. The fraction of sp³-hybridized carbons (Fsp3) is 0.500. The minimum atomic E-state index is -0.183. The number of aromatic nitrogens is 1. The van der Waals surface area contributed by atoms with Crippen molar-refractivity contribution in [1.82, 2.24) is 10.3 Å². The van der Waals surface area contributed by atoms with E-state index < -0.39 is 0 Å². The molecule has 1 rings (SSSR count). The summed E-state index contributed by atoms with van der Waals surface area (Å²) < 4.78 is 5.04. The summed E-state index contributed by atoms with van der Waals surface area (Å²) in [6, 6.07) is 3.54. The molecule has 5 heteroatoms. The number of rotatable bonds is 6. The summed E-state index contributed by atoms with van der Waals surface area (Å²) in [4.78, 5) is 15.8. The molecule has 1 atom stereocenters. The molecule has 0 saturated heterocycles. The van der Waals surface area contributed by atoms with Crippen LogP contribution in [0.3, 0.4) is 0 Å². The Morgan fingerprint density at radius 3 is 2.82 bits per heavy atom. The summed E-state index contributed by atoms with van der Waals surface area (Å²) in [5.74, 6) is -0.183. The first-order chi connectivity index (χ1) is 8.17. The zero-order valence-corrected chi connectivity index (χ0v) is 10.5. The van der Waals surface area contributed by atoms with Crippen molar-refractivity contribution in [3.8, 4) is 0 Å². The van der Waals surface area contributed by atoms with E-state index in [9.17, 15) is 4.79 Å². The molecule has 0 aliphatic carbocycles. The molecule has 1 heterocycles.